The fourth-order valence-electron chi connectivity index (χ4n) is 5.36. The number of carbonyl (C=O) groups excluding carboxylic acids is 2. The van der Waals surface area contributed by atoms with Crippen molar-refractivity contribution in [3.05, 3.63) is 121 Å². The third-order valence-corrected chi connectivity index (χ3v) is 7.77. The summed E-state index contributed by atoms with van der Waals surface area (Å²) < 4.78 is 20.2. The van der Waals surface area contributed by atoms with Crippen molar-refractivity contribution in [2.24, 2.45) is 0 Å². The van der Waals surface area contributed by atoms with Crippen molar-refractivity contribution in [3.63, 3.8) is 0 Å². The maximum absolute atomic E-state index is 14.2. The molecular weight excluding hydrogens is 557 g/mol. The summed E-state index contributed by atoms with van der Waals surface area (Å²) in [6.07, 6.45) is 5.86. The van der Waals surface area contributed by atoms with Gasteiger partial charge in [-0.25, -0.2) is 14.4 Å². The molecule has 2 aromatic heterocycles. The maximum atomic E-state index is 14.2. The number of fused-ring (bicyclic) bond motifs is 1. The zero-order chi connectivity index (χ0) is 30.5. The molecule has 3 aromatic carbocycles. The van der Waals surface area contributed by atoms with E-state index in [1.807, 2.05) is 66.7 Å². The third kappa shape index (κ3) is 6.72. The average molecular weight is 589 g/mol. The van der Waals surface area contributed by atoms with Crippen LogP contribution in [-0.2, 0) is 6.42 Å². The molecule has 0 aliphatic heterocycles. The second-order valence-corrected chi connectivity index (χ2v) is 10.8. The number of pyridine rings is 1. The topological polar surface area (TPSA) is 106 Å². The number of carbonyl (C=O) groups is 2. The maximum Gasteiger partial charge on any atom is 0.271 e. The molecule has 0 spiro atoms. The first-order chi connectivity index (χ1) is 21.4. The van der Waals surface area contributed by atoms with E-state index in [0.29, 0.717) is 43.4 Å². The first kappa shape index (κ1) is 28.9. The van der Waals surface area contributed by atoms with Crippen molar-refractivity contribution in [2.75, 3.05) is 0 Å². The van der Waals surface area contributed by atoms with E-state index >= 15 is 0 Å². The normalized spacial score (nSPS) is 16.3. The Balaban J connectivity index is 1.07. The number of nitrogens with zero attached hydrogens (tertiary/aromatic N) is 3. The molecule has 1 fully saturated rings. The summed E-state index contributed by atoms with van der Waals surface area (Å²) in [5.74, 6) is -0.881. The zero-order valence-corrected chi connectivity index (χ0v) is 24.0. The number of amides is 2. The summed E-state index contributed by atoms with van der Waals surface area (Å²) >= 11 is 0. The average Bonchev–Trinajstić information content (AvgIpc) is 3.06. The van der Waals surface area contributed by atoms with E-state index in [1.54, 1.807) is 6.07 Å². The molecule has 1 aliphatic carbocycles. The van der Waals surface area contributed by atoms with Crippen LogP contribution in [0.1, 0.15) is 52.1 Å². The molecule has 8 nitrogen and oxygen atoms in total. The van der Waals surface area contributed by atoms with Crippen LogP contribution < -0.4 is 15.4 Å². The highest BCUT2D eigenvalue weighted by atomic mass is 19.1. The lowest BCUT2D eigenvalue weighted by molar-refractivity contribution is 0.0887. The molecule has 2 amide bonds. The van der Waals surface area contributed by atoms with Gasteiger partial charge in [0.05, 0.1) is 23.4 Å². The first-order valence-corrected chi connectivity index (χ1v) is 14.6. The molecule has 6 rings (SSSR count). The molecular formula is C35H31FN5O3. The van der Waals surface area contributed by atoms with Gasteiger partial charge in [-0.1, -0.05) is 48.5 Å². The van der Waals surface area contributed by atoms with Crippen LogP contribution in [0.15, 0.2) is 91.3 Å². The summed E-state index contributed by atoms with van der Waals surface area (Å²) in [7, 11) is 0. The minimum absolute atomic E-state index is 0.0144. The molecule has 1 radical (unpaired) electrons. The molecule has 0 atom stereocenters. The molecule has 0 saturated heterocycles. The number of hydrogen-bond donors (Lipinski definition) is 2. The SMILES string of the molecule is [CH2]Cc1ccc(-c2cccc(Oc3ncc(F)cc3C(=O)NC3CCC(NC(=O)c4cnc5ccccc5n4)CC3)c2)cc1. The number of benzene rings is 3. The van der Waals surface area contributed by atoms with Crippen LogP contribution >= 0.6 is 0 Å². The molecule has 9 heteroatoms. The molecule has 1 saturated carbocycles. The molecule has 0 bridgehead atoms. The molecule has 0 unspecified atom stereocenters. The van der Waals surface area contributed by atoms with Crippen LogP contribution in [0, 0.1) is 12.7 Å². The van der Waals surface area contributed by atoms with E-state index < -0.39 is 11.7 Å². The van der Waals surface area contributed by atoms with Gasteiger partial charge >= 0.3 is 0 Å². The van der Waals surface area contributed by atoms with E-state index in [0.717, 1.165) is 34.5 Å². The van der Waals surface area contributed by atoms with Crippen molar-refractivity contribution < 1.29 is 18.7 Å². The molecule has 221 valence electrons. The molecule has 1 aliphatic rings. The van der Waals surface area contributed by atoms with E-state index in [1.165, 1.54) is 6.20 Å². The Labute approximate surface area is 254 Å². The summed E-state index contributed by atoms with van der Waals surface area (Å²) in [4.78, 5) is 38.9. The fourth-order valence-corrected chi connectivity index (χ4v) is 5.36. The van der Waals surface area contributed by atoms with Crippen LogP contribution in [-0.4, -0.2) is 38.8 Å². The summed E-state index contributed by atoms with van der Waals surface area (Å²) in [6.45, 7) is 3.91. The Morgan fingerprint density at radius 1 is 0.795 bits per heavy atom. The van der Waals surface area contributed by atoms with Gasteiger partial charge in [0.15, 0.2) is 0 Å². The molecule has 5 aromatic rings. The lowest BCUT2D eigenvalue weighted by Crippen LogP contribution is -2.44. The van der Waals surface area contributed by atoms with Crippen molar-refractivity contribution in [1.82, 2.24) is 25.6 Å². The Morgan fingerprint density at radius 2 is 1.50 bits per heavy atom. The number of rotatable bonds is 8. The van der Waals surface area contributed by atoms with E-state index in [2.05, 4.69) is 32.5 Å². The van der Waals surface area contributed by atoms with Crippen LogP contribution in [0.2, 0.25) is 0 Å². The predicted molar refractivity (Wildman–Crippen MR) is 166 cm³/mol. The van der Waals surface area contributed by atoms with Gasteiger partial charge in [0.2, 0.25) is 5.88 Å². The smallest absolute Gasteiger partial charge is 0.271 e. The lowest BCUT2D eigenvalue weighted by Gasteiger charge is -2.29. The Kier molecular flexibility index (Phi) is 8.54. The highest BCUT2D eigenvalue weighted by Gasteiger charge is 2.26. The Morgan fingerprint density at radius 3 is 2.23 bits per heavy atom. The molecule has 2 heterocycles. The van der Waals surface area contributed by atoms with Crippen LogP contribution in [0.3, 0.4) is 0 Å². The molecule has 44 heavy (non-hydrogen) atoms. The quantitative estimate of drug-likeness (QED) is 0.215. The van der Waals surface area contributed by atoms with Gasteiger partial charge in [-0.3, -0.25) is 14.6 Å². The highest BCUT2D eigenvalue weighted by Crippen LogP contribution is 2.29. The minimum Gasteiger partial charge on any atom is -0.438 e. The number of halogens is 1. The second kappa shape index (κ2) is 13.0. The first-order valence-electron chi connectivity index (χ1n) is 14.6. The van der Waals surface area contributed by atoms with Crippen molar-refractivity contribution in [2.45, 2.75) is 44.2 Å². The van der Waals surface area contributed by atoms with E-state index in [-0.39, 0.29) is 35.1 Å². The third-order valence-electron chi connectivity index (χ3n) is 7.77. The van der Waals surface area contributed by atoms with Gasteiger partial charge in [-0.05, 0) is 86.1 Å². The summed E-state index contributed by atoms with van der Waals surface area (Å²) in [6, 6.07) is 23.9. The fraction of sp³-hybridized carbons (Fsp3) is 0.200. The predicted octanol–water partition coefficient (Wildman–Crippen LogP) is 6.47. The van der Waals surface area contributed by atoms with Gasteiger partial charge in [0.25, 0.3) is 11.8 Å². The Bertz CT molecular complexity index is 1800. The van der Waals surface area contributed by atoms with Crippen molar-refractivity contribution in [3.8, 4) is 22.8 Å². The van der Waals surface area contributed by atoms with Gasteiger partial charge in [-0.15, -0.1) is 0 Å². The Hall–Kier alpha value is -5.18. The summed E-state index contributed by atoms with van der Waals surface area (Å²) in [5, 5.41) is 6.03. The standard InChI is InChI=1S/C35H31FN5O3/c1-2-22-10-12-23(13-11-22)24-6-5-7-28(18-24)44-35-29(19-25(36)20-38-35)33(42)39-26-14-16-27(17-15-26)40-34(43)32-21-37-30-8-3-4-9-31(30)41-32/h3-13,18-21,26-27H,1-2,14-17H2,(H,39,42)(H,40,43). The largest absolute Gasteiger partial charge is 0.438 e. The van der Waals surface area contributed by atoms with Gasteiger partial charge in [0.1, 0.15) is 22.8 Å². The van der Waals surface area contributed by atoms with Crippen molar-refractivity contribution >= 4 is 22.8 Å². The highest BCUT2D eigenvalue weighted by molar-refractivity contribution is 5.96. The van der Waals surface area contributed by atoms with Gasteiger partial charge in [-0.2, -0.15) is 0 Å². The minimum atomic E-state index is -0.634. The second-order valence-electron chi connectivity index (χ2n) is 10.8. The van der Waals surface area contributed by atoms with E-state index in [9.17, 15) is 14.0 Å². The van der Waals surface area contributed by atoms with Crippen LogP contribution in [0.5, 0.6) is 11.6 Å². The number of ether oxygens (including phenoxy) is 1. The monoisotopic (exact) mass is 588 g/mol. The number of aromatic nitrogens is 3. The van der Waals surface area contributed by atoms with Gasteiger partial charge < -0.3 is 15.4 Å². The number of nitrogens with one attached hydrogen (secondary N) is 2. The lowest BCUT2D eigenvalue weighted by atomic mass is 9.91. The van der Waals surface area contributed by atoms with Gasteiger partial charge in [0, 0.05) is 12.1 Å². The zero-order valence-electron chi connectivity index (χ0n) is 24.0. The van der Waals surface area contributed by atoms with E-state index in [4.69, 9.17) is 4.74 Å². The number of para-hydroxylation sites is 2. The van der Waals surface area contributed by atoms with Crippen molar-refractivity contribution in [1.29, 1.82) is 0 Å². The molecule has 2 N–H and O–H groups in total. The number of hydrogen-bond acceptors (Lipinski definition) is 6. The van der Waals surface area contributed by atoms with Crippen LogP contribution in [0.4, 0.5) is 4.39 Å². The summed E-state index contributed by atoms with van der Waals surface area (Å²) in [5.41, 5.74) is 4.75. The van der Waals surface area contributed by atoms with Crippen LogP contribution in [0.25, 0.3) is 22.2 Å².